The fraction of sp³-hybridized carbons (Fsp3) is 0.625. The van der Waals surface area contributed by atoms with E-state index in [2.05, 4.69) is 6.92 Å². The third kappa shape index (κ3) is 6.26. The van der Waals surface area contributed by atoms with Gasteiger partial charge in [0.15, 0.2) is 11.5 Å². The minimum absolute atomic E-state index is 0.0154. The molecular weight excluding hydrogens is 254 g/mol. The van der Waals surface area contributed by atoms with Gasteiger partial charge < -0.3 is 20.3 Å². The van der Waals surface area contributed by atoms with E-state index in [0.717, 1.165) is 37.2 Å². The fourth-order valence-corrected chi connectivity index (χ4v) is 1.79. The maximum absolute atomic E-state index is 9.07. The van der Waals surface area contributed by atoms with Crippen molar-refractivity contribution in [3.05, 3.63) is 24.3 Å². The first-order chi connectivity index (χ1) is 9.59. The van der Waals surface area contributed by atoms with E-state index in [9.17, 15) is 0 Å². The van der Waals surface area contributed by atoms with E-state index in [1.165, 1.54) is 0 Å². The summed E-state index contributed by atoms with van der Waals surface area (Å²) in [5, 5.41) is 9.07. The maximum Gasteiger partial charge on any atom is 0.161 e. The molecule has 1 atom stereocenters. The van der Waals surface area contributed by atoms with Crippen molar-refractivity contribution in [1.29, 1.82) is 0 Å². The fourth-order valence-electron chi connectivity index (χ4n) is 1.79. The van der Waals surface area contributed by atoms with E-state index in [1.807, 2.05) is 31.2 Å². The van der Waals surface area contributed by atoms with Crippen LogP contribution in [0.2, 0.25) is 0 Å². The Bertz CT molecular complexity index is 380. The molecule has 1 aromatic rings. The second-order valence-electron chi connectivity index (χ2n) is 5.41. The smallest absolute Gasteiger partial charge is 0.161 e. The standard InChI is InChI=1S/C16H27NO3/c1-3-11-19-14-8-4-5-9-15(14)20-12-7-6-10-16(2,17)13-18/h4-5,8-9,18H,3,6-7,10-13,17H2,1-2H3. The minimum atomic E-state index is -0.484. The Labute approximate surface area is 121 Å². The molecule has 0 heterocycles. The molecule has 0 aromatic heterocycles. The minimum Gasteiger partial charge on any atom is -0.490 e. The van der Waals surface area contributed by atoms with Gasteiger partial charge in [-0.1, -0.05) is 19.1 Å². The third-order valence-corrected chi connectivity index (χ3v) is 3.07. The summed E-state index contributed by atoms with van der Waals surface area (Å²) >= 11 is 0. The topological polar surface area (TPSA) is 64.7 Å². The van der Waals surface area contributed by atoms with Crippen LogP contribution in [-0.4, -0.2) is 30.5 Å². The van der Waals surface area contributed by atoms with Crippen LogP contribution in [0.4, 0.5) is 0 Å². The molecule has 1 rings (SSSR count). The zero-order valence-electron chi connectivity index (χ0n) is 12.6. The van der Waals surface area contributed by atoms with Gasteiger partial charge in [0, 0.05) is 5.54 Å². The summed E-state index contributed by atoms with van der Waals surface area (Å²) < 4.78 is 11.4. The summed E-state index contributed by atoms with van der Waals surface area (Å²) in [4.78, 5) is 0. The lowest BCUT2D eigenvalue weighted by Gasteiger charge is -2.21. The van der Waals surface area contributed by atoms with Crippen molar-refractivity contribution in [2.75, 3.05) is 19.8 Å². The molecule has 1 aromatic carbocycles. The lowest BCUT2D eigenvalue weighted by Crippen LogP contribution is -2.39. The first-order valence-electron chi connectivity index (χ1n) is 7.33. The average molecular weight is 281 g/mol. The maximum atomic E-state index is 9.07. The van der Waals surface area contributed by atoms with Crippen LogP contribution < -0.4 is 15.2 Å². The van der Waals surface area contributed by atoms with Gasteiger partial charge in [0.25, 0.3) is 0 Å². The van der Waals surface area contributed by atoms with Crippen LogP contribution in [0.15, 0.2) is 24.3 Å². The number of rotatable bonds is 10. The highest BCUT2D eigenvalue weighted by Crippen LogP contribution is 2.26. The van der Waals surface area contributed by atoms with Gasteiger partial charge in [-0.3, -0.25) is 0 Å². The first kappa shape index (κ1) is 16.8. The zero-order chi connectivity index (χ0) is 14.8. The Kier molecular flexibility index (Phi) is 7.41. The lowest BCUT2D eigenvalue weighted by molar-refractivity contribution is 0.193. The van der Waals surface area contributed by atoms with Crippen molar-refractivity contribution in [3.8, 4) is 11.5 Å². The summed E-state index contributed by atoms with van der Waals surface area (Å²) in [5.41, 5.74) is 5.39. The van der Waals surface area contributed by atoms with Gasteiger partial charge in [0.05, 0.1) is 19.8 Å². The number of nitrogens with two attached hydrogens (primary N) is 1. The molecule has 0 bridgehead atoms. The van der Waals surface area contributed by atoms with Crippen molar-refractivity contribution in [1.82, 2.24) is 0 Å². The second-order valence-corrected chi connectivity index (χ2v) is 5.41. The first-order valence-corrected chi connectivity index (χ1v) is 7.33. The average Bonchev–Trinajstić information content (AvgIpc) is 2.45. The Morgan fingerprint density at radius 1 is 1.10 bits per heavy atom. The number of aliphatic hydroxyl groups excluding tert-OH is 1. The number of unbranched alkanes of at least 4 members (excludes halogenated alkanes) is 1. The van der Waals surface area contributed by atoms with Crippen LogP contribution in [-0.2, 0) is 0 Å². The molecule has 0 radical (unpaired) electrons. The molecule has 114 valence electrons. The molecule has 1 unspecified atom stereocenters. The SMILES string of the molecule is CCCOc1ccccc1OCCCCC(C)(N)CO. The van der Waals surface area contributed by atoms with Gasteiger partial charge in [0.1, 0.15) is 0 Å². The van der Waals surface area contributed by atoms with Gasteiger partial charge in [-0.05, 0) is 44.7 Å². The molecule has 4 heteroatoms. The molecular formula is C16H27NO3. The second kappa shape index (κ2) is 8.82. The molecule has 4 nitrogen and oxygen atoms in total. The Hall–Kier alpha value is -1.26. The van der Waals surface area contributed by atoms with Crippen molar-refractivity contribution in [2.45, 2.75) is 45.1 Å². The van der Waals surface area contributed by atoms with E-state index in [4.69, 9.17) is 20.3 Å². The van der Waals surface area contributed by atoms with E-state index in [0.29, 0.717) is 13.2 Å². The largest absolute Gasteiger partial charge is 0.490 e. The number of hydrogen-bond donors (Lipinski definition) is 2. The van der Waals surface area contributed by atoms with E-state index in [1.54, 1.807) is 0 Å². The predicted molar refractivity (Wildman–Crippen MR) is 81.3 cm³/mol. The van der Waals surface area contributed by atoms with Gasteiger partial charge >= 0.3 is 0 Å². The highest BCUT2D eigenvalue weighted by molar-refractivity contribution is 5.39. The van der Waals surface area contributed by atoms with Crippen LogP contribution in [0.3, 0.4) is 0 Å². The monoisotopic (exact) mass is 281 g/mol. The number of hydrogen-bond acceptors (Lipinski definition) is 4. The lowest BCUT2D eigenvalue weighted by atomic mass is 9.97. The third-order valence-electron chi connectivity index (χ3n) is 3.07. The van der Waals surface area contributed by atoms with Gasteiger partial charge in [-0.15, -0.1) is 0 Å². The normalized spacial score (nSPS) is 13.8. The van der Waals surface area contributed by atoms with Crippen LogP contribution in [0.5, 0.6) is 11.5 Å². The molecule has 0 saturated heterocycles. The number of benzene rings is 1. The summed E-state index contributed by atoms with van der Waals surface area (Å²) in [7, 11) is 0. The van der Waals surface area contributed by atoms with Gasteiger partial charge in [-0.2, -0.15) is 0 Å². The summed E-state index contributed by atoms with van der Waals surface area (Å²) in [6.45, 7) is 5.29. The van der Waals surface area contributed by atoms with Crippen LogP contribution in [0.25, 0.3) is 0 Å². The highest BCUT2D eigenvalue weighted by atomic mass is 16.5. The molecule has 0 aliphatic carbocycles. The molecule has 0 amide bonds. The van der Waals surface area contributed by atoms with Gasteiger partial charge in [-0.25, -0.2) is 0 Å². The van der Waals surface area contributed by atoms with Crippen molar-refractivity contribution < 1.29 is 14.6 Å². The predicted octanol–water partition coefficient (Wildman–Crippen LogP) is 2.73. The summed E-state index contributed by atoms with van der Waals surface area (Å²) in [6, 6.07) is 7.73. The molecule has 0 aliphatic heterocycles. The van der Waals surface area contributed by atoms with E-state index in [-0.39, 0.29) is 6.61 Å². The number of para-hydroxylation sites is 2. The zero-order valence-corrected chi connectivity index (χ0v) is 12.6. The Balaban J connectivity index is 2.31. The Morgan fingerprint density at radius 3 is 2.25 bits per heavy atom. The number of aliphatic hydroxyl groups is 1. The summed E-state index contributed by atoms with van der Waals surface area (Å²) in [5.74, 6) is 1.59. The van der Waals surface area contributed by atoms with Crippen LogP contribution >= 0.6 is 0 Å². The molecule has 0 fully saturated rings. The van der Waals surface area contributed by atoms with E-state index >= 15 is 0 Å². The van der Waals surface area contributed by atoms with Gasteiger partial charge in [0.2, 0.25) is 0 Å². The van der Waals surface area contributed by atoms with Crippen LogP contribution in [0, 0.1) is 0 Å². The molecule has 20 heavy (non-hydrogen) atoms. The quantitative estimate of drug-likeness (QED) is 0.647. The number of ether oxygens (including phenoxy) is 2. The molecule has 0 saturated carbocycles. The van der Waals surface area contributed by atoms with Crippen LogP contribution in [0.1, 0.15) is 39.5 Å². The molecule has 0 spiro atoms. The van der Waals surface area contributed by atoms with Crippen molar-refractivity contribution >= 4 is 0 Å². The summed E-state index contributed by atoms with van der Waals surface area (Å²) in [6.07, 6.45) is 3.62. The molecule has 3 N–H and O–H groups in total. The highest BCUT2D eigenvalue weighted by Gasteiger charge is 2.15. The van der Waals surface area contributed by atoms with Crippen molar-refractivity contribution in [2.24, 2.45) is 5.73 Å². The Morgan fingerprint density at radius 2 is 1.70 bits per heavy atom. The molecule has 0 aliphatic rings. The van der Waals surface area contributed by atoms with E-state index < -0.39 is 5.54 Å². The van der Waals surface area contributed by atoms with Crippen molar-refractivity contribution in [3.63, 3.8) is 0 Å².